The second kappa shape index (κ2) is 7.31. The summed E-state index contributed by atoms with van der Waals surface area (Å²) in [7, 11) is 0. The van der Waals surface area contributed by atoms with Gasteiger partial charge in [-0.15, -0.1) is 0 Å². The van der Waals surface area contributed by atoms with Crippen molar-refractivity contribution < 1.29 is 19.2 Å². The van der Waals surface area contributed by atoms with Crippen LogP contribution < -0.4 is 9.80 Å². The fourth-order valence-electron chi connectivity index (χ4n) is 4.47. The smallest absolute Gasteiger partial charge is 0.258 e. The minimum Gasteiger partial charge on any atom is -0.269 e. The van der Waals surface area contributed by atoms with Crippen LogP contribution in [0.15, 0.2) is 91.0 Å². The Morgan fingerprint density at radius 3 is 1.53 bits per heavy atom. The van der Waals surface area contributed by atoms with Crippen molar-refractivity contribution in [3.63, 3.8) is 0 Å². The van der Waals surface area contributed by atoms with E-state index in [2.05, 4.69) is 0 Å². The van der Waals surface area contributed by atoms with E-state index in [1.165, 1.54) is 12.2 Å². The van der Waals surface area contributed by atoms with Crippen molar-refractivity contribution in [3.05, 3.63) is 91.0 Å². The topological polar surface area (TPSA) is 87.7 Å². The van der Waals surface area contributed by atoms with Gasteiger partial charge in [0.15, 0.2) is 0 Å². The van der Waals surface area contributed by atoms with E-state index < -0.39 is 23.6 Å². The lowest BCUT2D eigenvalue weighted by molar-refractivity contribution is -0.122. The van der Waals surface area contributed by atoms with Gasteiger partial charge in [0.05, 0.1) is 22.4 Å². The van der Waals surface area contributed by atoms with Crippen LogP contribution >= 0.6 is 0 Å². The average molecular weight is 445 g/mol. The first-order chi connectivity index (χ1) is 16.5. The first-order valence-corrected chi connectivity index (χ1v) is 10.6. The number of rotatable bonds is 3. The molecule has 0 saturated heterocycles. The molecule has 0 N–H and O–H groups in total. The number of amides is 4. The number of imide groups is 2. The summed E-state index contributed by atoms with van der Waals surface area (Å²) in [5, 5.41) is 1.79. The molecule has 4 amide bonds. The molecule has 3 aromatic carbocycles. The standard InChI is InChI=1S/C27H15N3O4/c31-23-11-12-24(32)29(23)21-10-9-16(15-22(21)30-25(33)13-14-26(30)34)27-17-5-1-3-7-19(17)28-20-8-4-2-6-18(20)27/h1-15H. The summed E-state index contributed by atoms with van der Waals surface area (Å²) in [6.07, 6.45) is 4.66. The summed E-state index contributed by atoms with van der Waals surface area (Å²) in [5.41, 5.74) is 3.51. The van der Waals surface area contributed by atoms with E-state index in [9.17, 15) is 19.2 Å². The van der Waals surface area contributed by atoms with E-state index in [0.717, 1.165) is 49.3 Å². The number of nitrogens with zero attached hydrogens (tertiary/aromatic N) is 3. The third kappa shape index (κ3) is 2.87. The van der Waals surface area contributed by atoms with Crippen LogP contribution in [0.25, 0.3) is 32.9 Å². The van der Waals surface area contributed by atoms with Gasteiger partial charge in [-0.05, 0) is 29.8 Å². The molecule has 0 unspecified atom stereocenters. The zero-order valence-corrected chi connectivity index (χ0v) is 17.6. The Morgan fingerprint density at radius 1 is 0.529 bits per heavy atom. The van der Waals surface area contributed by atoms with Crippen LogP contribution in [-0.2, 0) is 19.2 Å². The van der Waals surface area contributed by atoms with Crippen molar-refractivity contribution in [2.24, 2.45) is 0 Å². The van der Waals surface area contributed by atoms with Gasteiger partial charge in [0.1, 0.15) is 0 Å². The molecule has 7 nitrogen and oxygen atoms in total. The number of anilines is 2. The van der Waals surface area contributed by atoms with Crippen molar-refractivity contribution in [2.45, 2.75) is 0 Å². The molecular weight excluding hydrogens is 430 g/mol. The molecule has 0 atom stereocenters. The molecule has 2 aliphatic rings. The van der Waals surface area contributed by atoms with E-state index in [1.54, 1.807) is 18.2 Å². The fourth-order valence-corrected chi connectivity index (χ4v) is 4.47. The lowest BCUT2D eigenvalue weighted by Gasteiger charge is -2.24. The Kier molecular flexibility index (Phi) is 4.25. The van der Waals surface area contributed by atoms with Gasteiger partial charge in [0.25, 0.3) is 23.6 Å². The minimum atomic E-state index is -0.542. The van der Waals surface area contributed by atoms with Crippen molar-refractivity contribution in [2.75, 3.05) is 9.80 Å². The van der Waals surface area contributed by atoms with Gasteiger partial charge in [-0.3, -0.25) is 19.2 Å². The normalized spacial score (nSPS) is 15.5. The predicted molar refractivity (Wildman–Crippen MR) is 128 cm³/mol. The largest absolute Gasteiger partial charge is 0.269 e. The fraction of sp³-hybridized carbons (Fsp3) is 0. The molecule has 0 radical (unpaired) electrons. The van der Waals surface area contributed by atoms with Crippen LogP contribution in [0.3, 0.4) is 0 Å². The quantitative estimate of drug-likeness (QED) is 0.352. The first kappa shape index (κ1) is 19.8. The van der Waals surface area contributed by atoms with Crippen molar-refractivity contribution >= 4 is 56.8 Å². The maximum absolute atomic E-state index is 12.6. The maximum atomic E-state index is 12.6. The van der Waals surface area contributed by atoms with Gasteiger partial charge in [-0.2, -0.15) is 0 Å². The van der Waals surface area contributed by atoms with Crippen LogP contribution in [-0.4, -0.2) is 28.6 Å². The highest BCUT2D eigenvalue weighted by molar-refractivity contribution is 6.33. The number of pyridine rings is 1. The molecule has 34 heavy (non-hydrogen) atoms. The van der Waals surface area contributed by atoms with E-state index in [4.69, 9.17) is 4.98 Å². The number of carbonyl (C=O) groups excluding carboxylic acids is 4. The monoisotopic (exact) mass is 445 g/mol. The van der Waals surface area contributed by atoms with Gasteiger partial charge in [0.2, 0.25) is 0 Å². The second-order valence-corrected chi connectivity index (χ2v) is 7.92. The molecule has 162 valence electrons. The molecule has 0 saturated carbocycles. The highest BCUT2D eigenvalue weighted by Gasteiger charge is 2.34. The molecule has 7 heteroatoms. The van der Waals surface area contributed by atoms with E-state index in [1.807, 2.05) is 48.5 Å². The Morgan fingerprint density at radius 2 is 1.00 bits per heavy atom. The van der Waals surface area contributed by atoms with Crippen LogP contribution in [0.2, 0.25) is 0 Å². The summed E-state index contributed by atoms with van der Waals surface area (Å²) in [5.74, 6) is -2.16. The Labute approximate surface area is 193 Å². The number of hydrogen-bond acceptors (Lipinski definition) is 5. The molecule has 0 aliphatic carbocycles. The molecule has 4 aromatic rings. The third-order valence-electron chi connectivity index (χ3n) is 5.95. The first-order valence-electron chi connectivity index (χ1n) is 10.6. The van der Waals surface area contributed by atoms with Gasteiger partial charge in [-0.25, -0.2) is 14.8 Å². The Balaban J connectivity index is 1.65. The van der Waals surface area contributed by atoms with Crippen LogP contribution in [0, 0.1) is 0 Å². The number of para-hydroxylation sites is 2. The van der Waals surface area contributed by atoms with Crippen molar-refractivity contribution in [1.82, 2.24) is 4.98 Å². The van der Waals surface area contributed by atoms with Crippen molar-refractivity contribution in [3.8, 4) is 11.1 Å². The van der Waals surface area contributed by atoms with E-state index >= 15 is 0 Å². The zero-order chi connectivity index (χ0) is 23.4. The second-order valence-electron chi connectivity index (χ2n) is 7.92. The number of fused-ring (bicyclic) bond motifs is 2. The third-order valence-corrected chi connectivity index (χ3v) is 5.95. The van der Waals surface area contributed by atoms with Crippen LogP contribution in [0.1, 0.15) is 0 Å². The van der Waals surface area contributed by atoms with Crippen molar-refractivity contribution in [1.29, 1.82) is 0 Å². The molecular formula is C27H15N3O4. The molecule has 6 rings (SSSR count). The van der Waals surface area contributed by atoms with E-state index in [0.29, 0.717) is 5.56 Å². The summed E-state index contributed by atoms with van der Waals surface area (Å²) in [6.45, 7) is 0. The lowest BCUT2D eigenvalue weighted by atomic mass is 9.95. The Bertz CT molecular complexity index is 1560. The van der Waals surface area contributed by atoms with Gasteiger partial charge < -0.3 is 0 Å². The molecule has 0 spiro atoms. The van der Waals surface area contributed by atoms with Crippen LogP contribution in [0.5, 0.6) is 0 Å². The number of hydrogen-bond donors (Lipinski definition) is 0. The molecule has 0 fully saturated rings. The molecule has 1 aromatic heterocycles. The maximum Gasteiger partial charge on any atom is 0.258 e. The predicted octanol–water partition coefficient (Wildman–Crippen LogP) is 3.91. The lowest BCUT2D eigenvalue weighted by Crippen LogP contribution is -2.35. The van der Waals surface area contributed by atoms with Crippen LogP contribution in [0.4, 0.5) is 11.4 Å². The number of benzene rings is 3. The summed E-state index contributed by atoms with van der Waals surface area (Å²) in [6, 6.07) is 20.5. The van der Waals surface area contributed by atoms with E-state index in [-0.39, 0.29) is 11.4 Å². The van der Waals surface area contributed by atoms with Gasteiger partial charge in [0, 0.05) is 40.6 Å². The number of aromatic nitrogens is 1. The average Bonchev–Trinajstić information content (AvgIpc) is 3.36. The highest BCUT2D eigenvalue weighted by Crippen LogP contribution is 2.41. The van der Waals surface area contributed by atoms with Gasteiger partial charge in [-0.1, -0.05) is 42.5 Å². The summed E-state index contributed by atoms with van der Waals surface area (Å²) < 4.78 is 0. The number of carbonyl (C=O) groups is 4. The molecule has 0 bridgehead atoms. The zero-order valence-electron chi connectivity index (χ0n) is 17.6. The summed E-state index contributed by atoms with van der Waals surface area (Å²) in [4.78, 5) is 56.7. The minimum absolute atomic E-state index is 0.160. The highest BCUT2D eigenvalue weighted by atomic mass is 16.2. The SMILES string of the molecule is O=C1C=CC(=O)N1c1ccc(-c2c3ccccc3nc3ccccc23)cc1N1C(=O)C=CC1=O. The Hall–Kier alpha value is -4.91. The summed E-state index contributed by atoms with van der Waals surface area (Å²) >= 11 is 0. The molecule has 2 aliphatic heterocycles. The molecule has 3 heterocycles. The van der Waals surface area contributed by atoms with Gasteiger partial charge >= 0.3 is 0 Å².